The summed E-state index contributed by atoms with van der Waals surface area (Å²) in [7, 11) is -3.81. The molecule has 3 aromatic carbocycles. The summed E-state index contributed by atoms with van der Waals surface area (Å²) in [6.45, 7) is 5.91. The lowest BCUT2D eigenvalue weighted by Gasteiger charge is -2.33. The molecule has 0 aliphatic carbocycles. The molecule has 0 aliphatic heterocycles. The summed E-state index contributed by atoms with van der Waals surface area (Å²) in [5.74, 6) is -0.586. The number of aryl methyl sites for hydroxylation is 1. The van der Waals surface area contributed by atoms with Crippen LogP contribution in [0.1, 0.15) is 30.5 Å². The number of nitrogens with one attached hydrogen (secondary N) is 1. The Labute approximate surface area is 236 Å². The molecule has 2 amide bonds. The number of rotatable bonds is 12. The topological polar surface area (TPSA) is 86.8 Å². The predicted molar refractivity (Wildman–Crippen MR) is 157 cm³/mol. The molecule has 0 aromatic heterocycles. The molecule has 3 rings (SSSR count). The van der Waals surface area contributed by atoms with Crippen molar-refractivity contribution < 1.29 is 18.0 Å². The second kappa shape index (κ2) is 13.6. The number of carbonyl (C=O) groups is 2. The summed E-state index contributed by atoms with van der Waals surface area (Å²) >= 11 is 6.23. The molecule has 0 radical (unpaired) electrons. The molecule has 1 N–H and O–H groups in total. The zero-order chi connectivity index (χ0) is 28.6. The van der Waals surface area contributed by atoms with Gasteiger partial charge in [0, 0.05) is 24.5 Å². The number of nitrogens with zero attached hydrogens (tertiary/aromatic N) is 2. The number of benzene rings is 3. The first kappa shape index (κ1) is 30.2. The molecule has 0 unspecified atom stereocenters. The van der Waals surface area contributed by atoms with Gasteiger partial charge < -0.3 is 10.2 Å². The van der Waals surface area contributed by atoms with E-state index in [9.17, 15) is 18.0 Å². The number of anilines is 1. The fourth-order valence-corrected chi connectivity index (χ4v) is 5.26. The van der Waals surface area contributed by atoms with Crippen LogP contribution in [0.25, 0.3) is 0 Å². The third-order valence-corrected chi connectivity index (χ3v) is 7.54. The van der Waals surface area contributed by atoms with Crippen LogP contribution in [0.2, 0.25) is 5.02 Å². The third-order valence-electron chi connectivity index (χ3n) is 6.17. The molecular formula is C30H36ClN3O4S. The van der Waals surface area contributed by atoms with E-state index in [0.717, 1.165) is 27.3 Å². The van der Waals surface area contributed by atoms with Crippen LogP contribution in [0.3, 0.4) is 0 Å². The Balaban J connectivity index is 2.05. The van der Waals surface area contributed by atoms with Gasteiger partial charge >= 0.3 is 0 Å². The van der Waals surface area contributed by atoms with Crippen LogP contribution in [0, 0.1) is 12.8 Å². The number of hydrogen-bond donors (Lipinski definition) is 1. The molecule has 9 heteroatoms. The van der Waals surface area contributed by atoms with Crippen LogP contribution < -0.4 is 9.62 Å². The molecule has 0 heterocycles. The molecule has 208 valence electrons. The number of hydrogen-bond acceptors (Lipinski definition) is 4. The predicted octanol–water partition coefficient (Wildman–Crippen LogP) is 4.83. The van der Waals surface area contributed by atoms with Gasteiger partial charge in [-0.2, -0.15) is 0 Å². The number of halogens is 1. The molecule has 1 atom stereocenters. The first-order valence-corrected chi connectivity index (χ1v) is 15.1. The van der Waals surface area contributed by atoms with Crippen molar-refractivity contribution in [1.82, 2.24) is 10.2 Å². The van der Waals surface area contributed by atoms with Crippen LogP contribution in [-0.4, -0.2) is 50.5 Å². The van der Waals surface area contributed by atoms with Gasteiger partial charge in [0.05, 0.1) is 11.9 Å². The van der Waals surface area contributed by atoms with E-state index >= 15 is 0 Å². The van der Waals surface area contributed by atoms with Crippen molar-refractivity contribution in [2.75, 3.05) is 23.7 Å². The van der Waals surface area contributed by atoms with E-state index in [4.69, 9.17) is 11.6 Å². The fraction of sp³-hybridized carbons (Fsp3) is 0.333. The van der Waals surface area contributed by atoms with Gasteiger partial charge in [-0.15, -0.1) is 0 Å². The van der Waals surface area contributed by atoms with E-state index < -0.39 is 28.5 Å². The van der Waals surface area contributed by atoms with Crippen LogP contribution in [0.4, 0.5) is 5.69 Å². The Morgan fingerprint density at radius 1 is 0.923 bits per heavy atom. The highest BCUT2D eigenvalue weighted by Crippen LogP contribution is 2.22. The number of carbonyl (C=O) groups excluding carboxylic acids is 2. The lowest BCUT2D eigenvalue weighted by atomic mass is 10.0. The van der Waals surface area contributed by atoms with Crippen molar-refractivity contribution in [2.24, 2.45) is 5.92 Å². The zero-order valence-electron chi connectivity index (χ0n) is 22.8. The van der Waals surface area contributed by atoms with Crippen molar-refractivity contribution in [3.05, 3.63) is 101 Å². The van der Waals surface area contributed by atoms with Crippen LogP contribution in [0.5, 0.6) is 0 Å². The SMILES string of the molecule is Cc1cccc(N(CC(=O)N(Cc2cccc(Cl)c2)[C@@H](Cc2ccccc2)C(=O)NCC(C)C)S(C)(=O)=O)c1. The van der Waals surface area contributed by atoms with E-state index in [2.05, 4.69) is 5.32 Å². The van der Waals surface area contributed by atoms with E-state index in [1.165, 1.54) is 4.90 Å². The van der Waals surface area contributed by atoms with Crippen molar-refractivity contribution in [1.29, 1.82) is 0 Å². The van der Waals surface area contributed by atoms with Gasteiger partial charge in [-0.05, 0) is 53.8 Å². The number of sulfonamides is 1. The lowest BCUT2D eigenvalue weighted by molar-refractivity contribution is -0.140. The summed E-state index contributed by atoms with van der Waals surface area (Å²) in [5.41, 5.74) is 2.86. The third kappa shape index (κ3) is 9.11. The maximum atomic E-state index is 14.0. The van der Waals surface area contributed by atoms with E-state index in [1.807, 2.05) is 63.2 Å². The smallest absolute Gasteiger partial charge is 0.244 e. The fourth-order valence-electron chi connectivity index (χ4n) is 4.21. The maximum Gasteiger partial charge on any atom is 0.244 e. The highest BCUT2D eigenvalue weighted by Gasteiger charge is 2.33. The summed E-state index contributed by atoms with van der Waals surface area (Å²) in [6, 6.07) is 22.6. The van der Waals surface area contributed by atoms with Crippen LogP contribution in [0.15, 0.2) is 78.9 Å². The zero-order valence-corrected chi connectivity index (χ0v) is 24.4. The van der Waals surface area contributed by atoms with Crippen molar-refractivity contribution >= 4 is 39.1 Å². The second-order valence-electron chi connectivity index (χ2n) is 10.1. The summed E-state index contributed by atoms with van der Waals surface area (Å²) < 4.78 is 26.8. The first-order chi connectivity index (χ1) is 18.4. The molecular weight excluding hydrogens is 534 g/mol. The van der Waals surface area contributed by atoms with Gasteiger partial charge in [-0.25, -0.2) is 8.42 Å². The second-order valence-corrected chi connectivity index (χ2v) is 12.4. The molecule has 0 bridgehead atoms. The molecule has 0 saturated heterocycles. The minimum absolute atomic E-state index is 0.0808. The Hall–Kier alpha value is -3.36. The van der Waals surface area contributed by atoms with Crippen molar-refractivity contribution in [3.8, 4) is 0 Å². The van der Waals surface area contributed by atoms with Gasteiger partial charge in [0.1, 0.15) is 12.6 Å². The minimum Gasteiger partial charge on any atom is -0.354 e. The first-order valence-electron chi connectivity index (χ1n) is 12.8. The van der Waals surface area contributed by atoms with Gasteiger partial charge in [0.2, 0.25) is 21.8 Å². The van der Waals surface area contributed by atoms with Gasteiger partial charge in [0.25, 0.3) is 0 Å². The quantitative estimate of drug-likeness (QED) is 0.338. The van der Waals surface area contributed by atoms with Gasteiger partial charge in [-0.3, -0.25) is 13.9 Å². The average Bonchev–Trinajstić information content (AvgIpc) is 2.87. The lowest BCUT2D eigenvalue weighted by Crippen LogP contribution is -2.53. The highest BCUT2D eigenvalue weighted by molar-refractivity contribution is 7.92. The Bertz CT molecular complexity index is 1380. The standard InChI is InChI=1S/C30H36ClN3O4S/c1-22(2)19-32-30(36)28(18-24-11-6-5-7-12-24)33(20-25-13-9-14-26(31)17-25)29(35)21-34(39(4,37)38)27-15-8-10-23(3)16-27/h5-17,22,28H,18-21H2,1-4H3,(H,32,36)/t28-/m0/s1. The summed E-state index contributed by atoms with van der Waals surface area (Å²) in [4.78, 5) is 29.1. The maximum absolute atomic E-state index is 14.0. The monoisotopic (exact) mass is 569 g/mol. The molecule has 0 fully saturated rings. The Morgan fingerprint density at radius 2 is 1.59 bits per heavy atom. The number of amides is 2. The van der Waals surface area contributed by atoms with E-state index in [0.29, 0.717) is 17.3 Å². The Kier molecular flexibility index (Phi) is 10.5. The highest BCUT2D eigenvalue weighted by atomic mass is 35.5. The van der Waals surface area contributed by atoms with E-state index in [-0.39, 0.29) is 24.8 Å². The summed E-state index contributed by atoms with van der Waals surface area (Å²) in [6.07, 6.45) is 1.33. The molecule has 7 nitrogen and oxygen atoms in total. The largest absolute Gasteiger partial charge is 0.354 e. The molecule has 0 aliphatic rings. The molecule has 0 saturated carbocycles. The molecule has 39 heavy (non-hydrogen) atoms. The molecule has 3 aromatic rings. The normalized spacial score (nSPS) is 12.2. The van der Waals surface area contributed by atoms with Crippen LogP contribution >= 0.6 is 11.6 Å². The summed E-state index contributed by atoms with van der Waals surface area (Å²) in [5, 5.41) is 3.47. The van der Waals surface area contributed by atoms with E-state index in [1.54, 1.807) is 36.4 Å². The average molecular weight is 570 g/mol. The van der Waals surface area contributed by atoms with Crippen molar-refractivity contribution in [3.63, 3.8) is 0 Å². The van der Waals surface area contributed by atoms with Crippen LogP contribution in [-0.2, 0) is 32.6 Å². The molecule has 0 spiro atoms. The Morgan fingerprint density at radius 3 is 2.21 bits per heavy atom. The van der Waals surface area contributed by atoms with Gasteiger partial charge in [-0.1, -0.05) is 80.0 Å². The van der Waals surface area contributed by atoms with Gasteiger partial charge in [0.15, 0.2) is 0 Å². The minimum atomic E-state index is -3.81. The van der Waals surface area contributed by atoms with Crippen molar-refractivity contribution in [2.45, 2.75) is 39.8 Å².